The van der Waals surface area contributed by atoms with E-state index >= 15 is 0 Å². The standard InChI is InChI=1S/C7H5Cl2NO4S/c8-6-2-1-5(4-15(9,13)14)3-7(6)10(11)12/h1-3H,4H2. The molecule has 0 amide bonds. The lowest BCUT2D eigenvalue weighted by atomic mass is 10.2. The van der Waals surface area contributed by atoms with Crippen LogP contribution in [0, 0.1) is 10.1 Å². The molecule has 8 heteroatoms. The van der Waals surface area contributed by atoms with E-state index < -0.39 is 19.7 Å². The van der Waals surface area contributed by atoms with E-state index in [0.29, 0.717) is 0 Å². The Hall–Kier alpha value is -0.850. The first kappa shape index (κ1) is 12.2. The summed E-state index contributed by atoms with van der Waals surface area (Å²) in [5, 5.41) is 10.4. The molecule has 15 heavy (non-hydrogen) atoms. The fourth-order valence-corrected chi connectivity index (χ4v) is 2.13. The first-order valence-electron chi connectivity index (χ1n) is 3.65. The predicted molar refractivity (Wildman–Crippen MR) is 56.6 cm³/mol. The third kappa shape index (κ3) is 3.65. The fraction of sp³-hybridized carbons (Fsp3) is 0.143. The van der Waals surface area contributed by atoms with E-state index in [0.717, 1.165) is 6.07 Å². The van der Waals surface area contributed by atoms with E-state index in [-0.39, 0.29) is 16.3 Å². The molecule has 0 heterocycles. The molecule has 1 aromatic carbocycles. The van der Waals surface area contributed by atoms with Gasteiger partial charge in [-0.1, -0.05) is 17.7 Å². The Bertz CT molecular complexity index is 500. The number of nitro groups is 1. The second-order valence-corrected chi connectivity index (χ2v) is 5.91. The Morgan fingerprint density at radius 3 is 2.47 bits per heavy atom. The molecule has 1 aromatic rings. The Morgan fingerprint density at radius 1 is 1.40 bits per heavy atom. The van der Waals surface area contributed by atoms with Crippen molar-refractivity contribution in [2.24, 2.45) is 0 Å². The smallest absolute Gasteiger partial charge is 0.258 e. The molecule has 1 rings (SSSR count). The summed E-state index contributed by atoms with van der Waals surface area (Å²) in [4.78, 5) is 9.79. The van der Waals surface area contributed by atoms with Crippen molar-refractivity contribution in [3.05, 3.63) is 38.9 Å². The quantitative estimate of drug-likeness (QED) is 0.479. The summed E-state index contributed by atoms with van der Waals surface area (Å²) in [6.45, 7) is 0. The zero-order chi connectivity index (χ0) is 11.6. The maximum atomic E-state index is 10.7. The van der Waals surface area contributed by atoms with E-state index in [4.69, 9.17) is 22.3 Å². The molecule has 0 aliphatic heterocycles. The number of hydrogen-bond donors (Lipinski definition) is 0. The number of rotatable bonds is 3. The third-order valence-corrected chi connectivity index (χ3v) is 2.87. The summed E-state index contributed by atoms with van der Waals surface area (Å²) in [7, 11) is 1.28. The molecule has 0 bridgehead atoms. The number of nitro benzene ring substituents is 1. The van der Waals surface area contributed by atoms with E-state index in [2.05, 4.69) is 0 Å². The molecule has 82 valence electrons. The Labute approximate surface area is 95.2 Å². The van der Waals surface area contributed by atoms with Gasteiger partial charge in [0.15, 0.2) is 0 Å². The molecule has 0 spiro atoms. The van der Waals surface area contributed by atoms with Crippen LogP contribution in [0.2, 0.25) is 5.02 Å². The summed E-state index contributed by atoms with van der Waals surface area (Å²) in [5.74, 6) is -0.466. The van der Waals surface area contributed by atoms with Crippen LogP contribution in [0.5, 0.6) is 0 Å². The molecule has 0 radical (unpaired) electrons. The highest BCUT2D eigenvalue weighted by Crippen LogP contribution is 2.26. The van der Waals surface area contributed by atoms with Gasteiger partial charge in [0.05, 0.1) is 10.7 Å². The van der Waals surface area contributed by atoms with Gasteiger partial charge in [-0.25, -0.2) is 8.42 Å². The Kier molecular flexibility index (Phi) is 3.54. The van der Waals surface area contributed by atoms with E-state index in [9.17, 15) is 18.5 Å². The van der Waals surface area contributed by atoms with Crippen LogP contribution in [0.25, 0.3) is 0 Å². The minimum absolute atomic E-state index is 0.0456. The first-order valence-corrected chi connectivity index (χ1v) is 6.50. The van der Waals surface area contributed by atoms with Crippen molar-refractivity contribution in [1.82, 2.24) is 0 Å². The summed E-state index contributed by atoms with van der Waals surface area (Å²) in [5.41, 5.74) is -0.115. The maximum Gasteiger partial charge on any atom is 0.288 e. The van der Waals surface area contributed by atoms with Crippen molar-refractivity contribution in [2.45, 2.75) is 5.75 Å². The lowest BCUT2D eigenvalue weighted by Gasteiger charge is -1.99. The predicted octanol–water partition coefficient (Wildman–Crippen LogP) is 2.32. The topological polar surface area (TPSA) is 77.3 Å². The van der Waals surface area contributed by atoms with Gasteiger partial charge in [-0.15, -0.1) is 0 Å². The van der Waals surface area contributed by atoms with Crippen LogP contribution in [-0.4, -0.2) is 13.3 Å². The van der Waals surface area contributed by atoms with Crippen LogP contribution in [0.3, 0.4) is 0 Å². The molecule has 0 aromatic heterocycles. The summed E-state index contributed by atoms with van der Waals surface area (Å²) in [6, 6.07) is 3.72. The third-order valence-electron chi connectivity index (χ3n) is 1.55. The normalized spacial score (nSPS) is 11.3. The average molecular weight is 270 g/mol. The van der Waals surface area contributed by atoms with Gasteiger partial charge < -0.3 is 0 Å². The van der Waals surface area contributed by atoms with Crippen molar-refractivity contribution in [3.63, 3.8) is 0 Å². The minimum Gasteiger partial charge on any atom is -0.258 e. The van der Waals surface area contributed by atoms with Crippen molar-refractivity contribution >= 4 is 37.0 Å². The lowest BCUT2D eigenvalue weighted by Crippen LogP contribution is -1.97. The SMILES string of the molecule is O=[N+]([O-])c1cc(CS(=O)(=O)Cl)ccc1Cl. The Balaban J connectivity index is 3.14. The fourth-order valence-electron chi connectivity index (χ4n) is 0.987. The maximum absolute atomic E-state index is 10.7. The monoisotopic (exact) mass is 269 g/mol. The molecule has 0 N–H and O–H groups in total. The zero-order valence-electron chi connectivity index (χ0n) is 7.18. The van der Waals surface area contributed by atoms with Gasteiger partial charge in [0, 0.05) is 16.7 Å². The molecular weight excluding hydrogens is 265 g/mol. The van der Waals surface area contributed by atoms with Crippen LogP contribution in [0.4, 0.5) is 5.69 Å². The van der Waals surface area contributed by atoms with Gasteiger partial charge in [-0.2, -0.15) is 0 Å². The van der Waals surface area contributed by atoms with Gasteiger partial charge in [-0.3, -0.25) is 10.1 Å². The largest absolute Gasteiger partial charge is 0.288 e. The highest BCUT2D eigenvalue weighted by Gasteiger charge is 2.15. The molecule has 0 aliphatic carbocycles. The van der Waals surface area contributed by atoms with Crippen molar-refractivity contribution in [3.8, 4) is 0 Å². The van der Waals surface area contributed by atoms with Crippen LogP contribution < -0.4 is 0 Å². The molecule has 0 atom stereocenters. The lowest BCUT2D eigenvalue weighted by molar-refractivity contribution is -0.384. The molecule has 0 fully saturated rings. The van der Waals surface area contributed by atoms with E-state index in [1.54, 1.807) is 0 Å². The van der Waals surface area contributed by atoms with Crippen LogP contribution in [0.15, 0.2) is 18.2 Å². The number of halogens is 2. The zero-order valence-corrected chi connectivity index (χ0v) is 9.51. The van der Waals surface area contributed by atoms with Gasteiger partial charge >= 0.3 is 0 Å². The average Bonchev–Trinajstić information content (AvgIpc) is 2.05. The molecular formula is C7H5Cl2NO4S. The highest BCUT2D eigenvalue weighted by molar-refractivity contribution is 8.13. The van der Waals surface area contributed by atoms with Gasteiger partial charge in [0.1, 0.15) is 5.02 Å². The second-order valence-electron chi connectivity index (χ2n) is 2.73. The van der Waals surface area contributed by atoms with Crippen molar-refractivity contribution in [2.75, 3.05) is 0 Å². The summed E-state index contributed by atoms with van der Waals surface area (Å²) >= 11 is 5.54. The highest BCUT2D eigenvalue weighted by atomic mass is 35.7. The van der Waals surface area contributed by atoms with Gasteiger partial charge in [-0.05, 0) is 11.6 Å². The van der Waals surface area contributed by atoms with E-state index in [1.807, 2.05) is 0 Å². The molecule has 0 saturated carbocycles. The van der Waals surface area contributed by atoms with Crippen LogP contribution >= 0.6 is 22.3 Å². The second kappa shape index (κ2) is 4.34. The minimum atomic E-state index is -3.73. The van der Waals surface area contributed by atoms with Gasteiger partial charge in [0.25, 0.3) is 5.69 Å². The van der Waals surface area contributed by atoms with E-state index in [1.165, 1.54) is 12.1 Å². The molecule has 0 saturated heterocycles. The van der Waals surface area contributed by atoms with Crippen LogP contribution in [-0.2, 0) is 14.8 Å². The summed E-state index contributed by atoms with van der Waals surface area (Å²) in [6.07, 6.45) is 0. The molecule has 5 nitrogen and oxygen atoms in total. The molecule has 0 aliphatic rings. The number of nitrogens with zero attached hydrogens (tertiary/aromatic N) is 1. The number of benzene rings is 1. The summed E-state index contributed by atoms with van der Waals surface area (Å²) < 4.78 is 21.5. The van der Waals surface area contributed by atoms with Gasteiger partial charge in [0.2, 0.25) is 9.05 Å². The number of hydrogen-bond acceptors (Lipinski definition) is 4. The van der Waals surface area contributed by atoms with Crippen molar-refractivity contribution in [1.29, 1.82) is 0 Å². The van der Waals surface area contributed by atoms with Crippen molar-refractivity contribution < 1.29 is 13.3 Å². The van der Waals surface area contributed by atoms with Crippen LogP contribution in [0.1, 0.15) is 5.56 Å². The first-order chi connectivity index (χ1) is 6.79. The Morgan fingerprint density at radius 2 is 2.00 bits per heavy atom. The molecule has 0 unspecified atom stereocenters.